The Morgan fingerprint density at radius 3 is 2.52 bits per heavy atom. The van der Waals surface area contributed by atoms with Gasteiger partial charge in [-0.25, -0.2) is 4.98 Å². The van der Waals surface area contributed by atoms with E-state index < -0.39 is 10.8 Å². The molecule has 0 spiro atoms. The van der Waals surface area contributed by atoms with E-state index in [2.05, 4.69) is 4.98 Å². The normalized spacial score (nSPS) is 11.8. The van der Waals surface area contributed by atoms with Crippen molar-refractivity contribution in [2.24, 2.45) is 0 Å². The Morgan fingerprint density at radius 1 is 1.15 bits per heavy atom. The molecular weight excluding hydrogens is 364 g/mol. The van der Waals surface area contributed by atoms with E-state index in [1.165, 1.54) is 11.2 Å². The molecule has 3 aromatic rings. The molecular formula is C20H20N2O4S. The van der Waals surface area contributed by atoms with Crippen molar-refractivity contribution in [3.8, 4) is 17.2 Å². The van der Waals surface area contributed by atoms with Crippen molar-refractivity contribution in [1.29, 1.82) is 0 Å². The Labute approximate surface area is 160 Å². The van der Waals surface area contributed by atoms with Gasteiger partial charge in [0.1, 0.15) is 17.8 Å². The number of carbonyl (C=O) groups excluding carboxylic acids is 1. The molecule has 1 heterocycles. The maximum absolute atomic E-state index is 12.4. The summed E-state index contributed by atoms with van der Waals surface area (Å²) < 4.78 is 22.9. The molecule has 2 aromatic carbocycles. The minimum absolute atomic E-state index is 0.0733. The van der Waals surface area contributed by atoms with Crippen LogP contribution in [0.4, 0.5) is 5.69 Å². The lowest BCUT2D eigenvalue weighted by molar-refractivity contribution is -0.115. The average molecular weight is 384 g/mol. The summed E-state index contributed by atoms with van der Waals surface area (Å²) in [6.07, 6.45) is 1.48. The van der Waals surface area contributed by atoms with E-state index in [4.69, 9.17) is 9.15 Å². The number of rotatable bonds is 7. The number of anilines is 1. The highest BCUT2D eigenvalue weighted by atomic mass is 32.2. The average Bonchev–Trinajstić information content (AvgIpc) is 3.16. The fourth-order valence-electron chi connectivity index (χ4n) is 2.49. The molecule has 1 atom stereocenters. The SMILES string of the molecule is COc1ccc(-c2nc(C[S@@](=O)CC(=O)N(C)c3ccccc3)co2)cc1. The van der Waals surface area contributed by atoms with Gasteiger partial charge in [0.2, 0.25) is 11.8 Å². The van der Waals surface area contributed by atoms with Gasteiger partial charge in [-0.1, -0.05) is 18.2 Å². The Kier molecular flexibility index (Phi) is 6.03. The maximum atomic E-state index is 12.4. The Hall–Kier alpha value is -2.93. The number of hydrogen-bond acceptors (Lipinski definition) is 5. The highest BCUT2D eigenvalue weighted by Gasteiger charge is 2.16. The number of aromatic nitrogens is 1. The number of benzene rings is 2. The van der Waals surface area contributed by atoms with Crippen molar-refractivity contribution in [2.45, 2.75) is 5.75 Å². The molecule has 0 aliphatic heterocycles. The van der Waals surface area contributed by atoms with E-state index in [1.807, 2.05) is 54.6 Å². The van der Waals surface area contributed by atoms with Gasteiger partial charge in [0.15, 0.2) is 0 Å². The van der Waals surface area contributed by atoms with E-state index in [-0.39, 0.29) is 17.4 Å². The van der Waals surface area contributed by atoms with Gasteiger partial charge in [0.25, 0.3) is 0 Å². The number of hydrogen-bond donors (Lipinski definition) is 0. The number of para-hydroxylation sites is 1. The van der Waals surface area contributed by atoms with Gasteiger partial charge in [0.05, 0.1) is 18.6 Å². The molecule has 0 N–H and O–H groups in total. The Bertz CT molecular complexity index is 923. The number of nitrogens with zero attached hydrogens (tertiary/aromatic N) is 2. The van der Waals surface area contributed by atoms with Crippen LogP contribution in [-0.2, 0) is 21.3 Å². The van der Waals surface area contributed by atoms with Crippen molar-refractivity contribution in [1.82, 2.24) is 4.98 Å². The third kappa shape index (κ3) is 4.83. The number of oxazole rings is 1. The molecule has 27 heavy (non-hydrogen) atoms. The van der Waals surface area contributed by atoms with Crippen LogP contribution in [0.15, 0.2) is 65.3 Å². The molecule has 0 fully saturated rings. The largest absolute Gasteiger partial charge is 0.497 e. The summed E-state index contributed by atoms with van der Waals surface area (Å²) in [4.78, 5) is 18.2. The van der Waals surface area contributed by atoms with Crippen LogP contribution < -0.4 is 9.64 Å². The number of carbonyl (C=O) groups is 1. The van der Waals surface area contributed by atoms with Crippen molar-refractivity contribution >= 4 is 22.4 Å². The van der Waals surface area contributed by atoms with E-state index in [9.17, 15) is 9.00 Å². The van der Waals surface area contributed by atoms with Gasteiger partial charge in [-0.3, -0.25) is 9.00 Å². The molecule has 140 valence electrons. The monoisotopic (exact) mass is 384 g/mol. The topological polar surface area (TPSA) is 72.6 Å². The lowest BCUT2D eigenvalue weighted by Gasteiger charge is -2.16. The van der Waals surface area contributed by atoms with Crippen LogP contribution in [0.2, 0.25) is 0 Å². The maximum Gasteiger partial charge on any atom is 0.239 e. The van der Waals surface area contributed by atoms with Crippen LogP contribution in [0.5, 0.6) is 5.75 Å². The molecule has 7 heteroatoms. The minimum Gasteiger partial charge on any atom is -0.497 e. The third-order valence-electron chi connectivity index (χ3n) is 4.00. The standard InChI is InChI=1S/C20H20N2O4S/c1-22(17-6-4-3-5-7-17)19(23)14-27(24)13-16-12-26-20(21-16)15-8-10-18(25-2)11-9-15/h3-12H,13-14H2,1-2H3/t27-/m1/s1. The highest BCUT2D eigenvalue weighted by molar-refractivity contribution is 7.84. The molecule has 1 aromatic heterocycles. The second-order valence-corrected chi connectivity index (χ2v) is 7.35. The minimum atomic E-state index is -1.38. The first-order chi connectivity index (χ1) is 13.1. The molecule has 6 nitrogen and oxygen atoms in total. The van der Waals surface area contributed by atoms with E-state index in [0.717, 1.165) is 17.0 Å². The van der Waals surface area contributed by atoms with Crippen LogP contribution in [0.25, 0.3) is 11.5 Å². The Balaban J connectivity index is 1.59. The number of ether oxygens (including phenoxy) is 1. The summed E-state index contributed by atoms with van der Waals surface area (Å²) >= 11 is 0. The lowest BCUT2D eigenvalue weighted by Crippen LogP contribution is -2.31. The van der Waals surface area contributed by atoms with Gasteiger partial charge < -0.3 is 14.1 Å². The summed E-state index contributed by atoms with van der Waals surface area (Å²) in [5, 5.41) is 0. The van der Waals surface area contributed by atoms with Gasteiger partial charge in [-0.05, 0) is 36.4 Å². The summed E-state index contributed by atoms with van der Waals surface area (Å²) in [6, 6.07) is 16.6. The van der Waals surface area contributed by atoms with Crippen LogP contribution in [0, 0.1) is 0 Å². The fourth-order valence-corrected chi connectivity index (χ4v) is 3.52. The molecule has 0 aliphatic rings. The lowest BCUT2D eigenvalue weighted by atomic mass is 10.2. The molecule has 0 saturated heterocycles. The van der Waals surface area contributed by atoms with Crippen molar-refractivity contribution in [3.63, 3.8) is 0 Å². The van der Waals surface area contributed by atoms with Crippen molar-refractivity contribution in [3.05, 3.63) is 66.6 Å². The number of amides is 1. The molecule has 0 saturated carbocycles. The van der Waals surface area contributed by atoms with Gasteiger partial charge >= 0.3 is 0 Å². The van der Waals surface area contributed by atoms with Crippen LogP contribution in [-0.4, -0.2) is 35.0 Å². The summed E-state index contributed by atoms with van der Waals surface area (Å²) in [5.74, 6) is 1.06. The third-order valence-corrected chi connectivity index (χ3v) is 5.19. The Morgan fingerprint density at radius 2 is 1.85 bits per heavy atom. The summed E-state index contributed by atoms with van der Waals surface area (Å²) in [7, 11) is 1.90. The van der Waals surface area contributed by atoms with Gasteiger partial charge in [0, 0.05) is 29.1 Å². The van der Waals surface area contributed by atoms with Crippen LogP contribution in [0.1, 0.15) is 5.69 Å². The molecule has 3 rings (SSSR count). The second kappa shape index (κ2) is 8.64. The van der Waals surface area contributed by atoms with E-state index in [1.54, 1.807) is 14.2 Å². The first-order valence-corrected chi connectivity index (χ1v) is 9.81. The molecule has 0 aliphatic carbocycles. The van der Waals surface area contributed by atoms with E-state index in [0.29, 0.717) is 11.6 Å². The molecule has 0 bridgehead atoms. The van der Waals surface area contributed by atoms with Crippen LogP contribution in [0.3, 0.4) is 0 Å². The van der Waals surface area contributed by atoms with Gasteiger partial charge in [-0.15, -0.1) is 0 Å². The van der Waals surface area contributed by atoms with Crippen LogP contribution >= 0.6 is 0 Å². The predicted molar refractivity (Wildman–Crippen MR) is 105 cm³/mol. The quantitative estimate of drug-likeness (QED) is 0.625. The molecule has 0 radical (unpaired) electrons. The first kappa shape index (κ1) is 18.8. The molecule has 0 unspecified atom stereocenters. The first-order valence-electron chi connectivity index (χ1n) is 8.32. The second-order valence-electron chi connectivity index (χ2n) is 5.89. The van der Waals surface area contributed by atoms with E-state index >= 15 is 0 Å². The summed E-state index contributed by atoms with van der Waals surface area (Å²) in [5.41, 5.74) is 2.12. The smallest absolute Gasteiger partial charge is 0.239 e. The predicted octanol–water partition coefficient (Wildman–Crippen LogP) is 3.26. The zero-order valence-electron chi connectivity index (χ0n) is 15.1. The summed E-state index contributed by atoms with van der Waals surface area (Å²) in [6.45, 7) is 0. The molecule has 1 amide bonds. The van der Waals surface area contributed by atoms with Crippen molar-refractivity contribution < 1.29 is 18.2 Å². The van der Waals surface area contributed by atoms with Gasteiger partial charge in [-0.2, -0.15) is 0 Å². The zero-order valence-corrected chi connectivity index (χ0v) is 15.9. The highest BCUT2D eigenvalue weighted by Crippen LogP contribution is 2.22. The number of methoxy groups -OCH3 is 1. The fraction of sp³-hybridized carbons (Fsp3) is 0.200. The van der Waals surface area contributed by atoms with Crippen molar-refractivity contribution in [2.75, 3.05) is 24.8 Å². The zero-order chi connectivity index (χ0) is 19.2.